The highest BCUT2D eigenvalue weighted by Crippen LogP contribution is 1.99. The molecular weight excluding hydrogens is 379 g/mol. The van der Waals surface area contributed by atoms with Crippen LogP contribution in [0.25, 0.3) is 0 Å². The highest BCUT2D eigenvalue weighted by atomic mass is 127. The number of hydrogen-bond donors (Lipinski definition) is 1. The maximum absolute atomic E-state index is 5.36. The number of halogens is 1. The quantitative estimate of drug-likeness (QED) is 0.287. The summed E-state index contributed by atoms with van der Waals surface area (Å²) < 4.78 is 5.36. The molecule has 1 saturated heterocycles. The maximum atomic E-state index is 5.36. The van der Waals surface area contributed by atoms with E-state index < -0.39 is 0 Å². The molecule has 1 heterocycles. The fourth-order valence-corrected chi connectivity index (χ4v) is 2.27. The Hall–Kier alpha value is -0.0800. The van der Waals surface area contributed by atoms with Gasteiger partial charge in [0.05, 0.1) is 13.2 Å². The van der Waals surface area contributed by atoms with Gasteiger partial charge in [-0.2, -0.15) is 0 Å². The van der Waals surface area contributed by atoms with Gasteiger partial charge in [0.2, 0.25) is 0 Å². The number of guanidine groups is 1. The van der Waals surface area contributed by atoms with Gasteiger partial charge in [0.15, 0.2) is 5.96 Å². The van der Waals surface area contributed by atoms with Crippen molar-refractivity contribution in [2.45, 2.75) is 33.1 Å². The standard InChI is InChI=1S/C15H32N4O.HI/c1-4-6-9-18(3)15(16-5-2)17-8-7-10-19-11-13-20-14-12-19;/h4-14H2,1-3H3,(H,16,17);1H. The van der Waals surface area contributed by atoms with E-state index >= 15 is 0 Å². The van der Waals surface area contributed by atoms with E-state index in [-0.39, 0.29) is 24.0 Å². The van der Waals surface area contributed by atoms with E-state index in [1.807, 2.05) is 0 Å². The molecule has 21 heavy (non-hydrogen) atoms. The highest BCUT2D eigenvalue weighted by molar-refractivity contribution is 14.0. The fourth-order valence-electron chi connectivity index (χ4n) is 2.27. The normalized spacial score (nSPS) is 16.4. The monoisotopic (exact) mass is 412 g/mol. The van der Waals surface area contributed by atoms with Gasteiger partial charge >= 0.3 is 0 Å². The van der Waals surface area contributed by atoms with Crippen LogP contribution >= 0.6 is 24.0 Å². The Balaban J connectivity index is 0.00000400. The van der Waals surface area contributed by atoms with Crippen LogP contribution in [-0.2, 0) is 4.74 Å². The molecule has 1 aliphatic rings. The lowest BCUT2D eigenvalue weighted by Crippen LogP contribution is -2.40. The number of morpholine rings is 1. The minimum atomic E-state index is 0. The van der Waals surface area contributed by atoms with E-state index in [2.05, 4.69) is 36.0 Å². The Labute approximate surface area is 147 Å². The van der Waals surface area contributed by atoms with Crippen molar-refractivity contribution in [2.24, 2.45) is 4.99 Å². The summed E-state index contributed by atoms with van der Waals surface area (Å²) in [7, 11) is 2.12. The van der Waals surface area contributed by atoms with Crippen molar-refractivity contribution in [1.29, 1.82) is 0 Å². The number of nitrogens with one attached hydrogen (secondary N) is 1. The minimum Gasteiger partial charge on any atom is -0.379 e. The number of ether oxygens (including phenoxy) is 1. The second kappa shape index (κ2) is 13.6. The first-order valence-corrected chi connectivity index (χ1v) is 8.07. The first kappa shape index (κ1) is 20.9. The zero-order valence-electron chi connectivity index (χ0n) is 13.9. The van der Waals surface area contributed by atoms with E-state index in [0.717, 1.165) is 64.9 Å². The second-order valence-electron chi connectivity index (χ2n) is 5.32. The summed E-state index contributed by atoms with van der Waals surface area (Å²) in [6, 6.07) is 0. The van der Waals surface area contributed by atoms with E-state index in [1.54, 1.807) is 0 Å². The zero-order chi connectivity index (χ0) is 14.6. The van der Waals surface area contributed by atoms with Gasteiger partial charge in [-0.25, -0.2) is 0 Å². The molecule has 0 saturated carbocycles. The van der Waals surface area contributed by atoms with Crippen LogP contribution in [0.4, 0.5) is 0 Å². The first-order valence-electron chi connectivity index (χ1n) is 8.07. The van der Waals surface area contributed by atoms with Crippen LogP contribution in [0, 0.1) is 0 Å². The number of hydrogen-bond acceptors (Lipinski definition) is 3. The number of nitrogens with zero attached hydrogens (tertiary/aromatic N) is 3. The molecule has 1 N–H and O–H groups in total. The molecule has 1 aliphatic heterocycles. The molecule has 0 amide bonds. The van der Waals surface area contributed by atoms with E-state index in [0.29, 0.717) is 0 Å². The van der Waals surface area contributed by atoms with Crippen molar-refractivity contribution in [3.8, 4) is 0 Å². The van der Waals surface area contributed by atoms with Crippen LogP contribution < -0.4 is 5.32 Å². The van der Waals surface area contributed by atoms with Crippen LogP contribution in [0.1, 0.15) is 33.1 Å². The topological polar surface area (TPSA) is 40.1 Å². The average molecular weight is 412 g/mol. The van der Waals surface area contributed by atoms with Gasteiger partial charge in [-0.1, -0.05) is 13.3 Å². The number of aliphatic imine (C=N–C) groups is 1. The summed E-state index contributed by atoms with van der Waals surface area (Å²) in [4.78, 5) is 9.43. The number of rotatable bonds is 8. The molecule has 1 fully saturated rings. The molecular formula is C15H33IN4O. The third-order valence-electron chi connectivity index (χ3n) is 3.54. The van der Waals surface area contributed by atoms with E-state index in [4.69, 9.17) is 9.73 Å². The molecule has 0 aromatic carbocycles. The van der Waals surface area contributed by atoms with Crippen LogP contribution in [0.2, 0.25) is 0 Å². The predicted molar refractivity (Wildman–Crippen MR) is 101 cm³/mol. The van der Waals surface area contributed by atoms with Crippen LogP contribution in [0.5, 0.6) is 0 Å². The molecule has 0 spiro atoms. The Bertz CT molecular complexity index is 270. The Kier molecular flexibility index (Phi) is 13.5. The second-order valence-corrected chi connectivity index (χ2v) is 5.32. The van der Waals surface area contributed by atoms with Crippen molar-refractivity contribution < 1.29 is 4.74 Å². The summed E-state index contributed by atoms with van der Waals surface area (Å²) in [5.41, 5.74) is 0. The lowest BCUT2D eigenvalue weighted by molar-refractivity contribution is 0.0377. The zero-order valence-corrected chi connectivity index (χ0v) is 16.3. The molecule has 0 bridgehead atoms. The van der Waals surface area contributed by atoms with E-state index in [9.17, 15) is 0 Å². The van der Waals surface area contributed by atoms with Crippen molar-refractivity contribution in [2.75, 3.05) is 59.5 Å². The molecule has 5 nitrogen and oxygen atoms in total. The van der Waals surface area contributed by atoms with Gasteiger partial charge in [-0.3, -0.25) is 9.89 Å². The lowest BCUT2D eigenvalue weighted by Gasteiger charge is -2.26. The third kappa shape index (κ3) is 9.52. The van der Waals surface area contributed by atoms with Gasteiger partial charge in [-0.15, -0.1) is 24.0 Å². The van der Waals surface area contributed by atoms with Crippen molar-refractivity contribution in [3.63, 3.8) is 0 Å². The molecule has 126 valence electrons. The summed E-state index contributed by atoms with van der Waals surface area (Å²) in [5.74, 6) is 1.04. The molecule has 0 aliphatic carbocycles. The summed E-state index contributed by atoms with van der Waals surface area (Å²) >= 11 is 0. The van der Waals surface area contributed by atoms with Crippen LogP contribution in [0.3, 0.4) is 0 Å². The molecule has 0 aromatic rings. The van der Waals surface area contributed by atoms with Gasteiger partial charge in [0, 0.05) is 46.3 Å². The Morgan fingerprint density at radius 1 is 1.24 bits per heavy atom. The molecule has 0 radical (unpaired) electrons. The van der Waals surface area contributed by atoms with Gasteiger partial charge in [0.1, 0.15) is 0 Å². The highest BCUT2D eigenvalue weighted by Gasteiger charge is 2.09. The number of unbranched alkanes of at least 4 members (excludes halogenated alkanes) is 1. The predicted octanol–water partition coefficient (Wildman–Crippen LogP) is 2.02. The smallest absolute Gasteiger partial charge is 0.193 e. The fraction of sp³-hybridized carbons (Fsp3) is 0.933. The molecule has 1 rings (SSSR count). The molecule has 0 unspecified atom stereocenters. The van der Waals surface area contributed by atoms with Gasteiger partial charge in [0.25, 0.3) is 0 Å². The lowest BCUT2D eigenvalue weighted by atomic mass is 10.3. The minimum absolute atomic E-state index is 0. The Morgan fingerprint density at radius 3 is 2.57 bits per heavy atom. The van der Waals surface area contributed by atoms with Gasteiger partial charge in [-0.05, 0) is 19.8 Å². The summed E-state index contributed by atoms with van der Waals surface area (Å²) in [6.45, 7) is 12.3. The van der Waals surface area contributed by atoms with Crippen LogP contribution in [-0.4, -0.2) is 75.3 Å². The SMILES string of the molecule is CCCCN(C)C(=NCCCN1CCOCC1)NCC.I. The first-order chi connectivity index (χ1) is 9.77. The largest absolute Gasteiger partial charge is 0.379 e. The van der Waals surface area contributed by atoms with E-state index in [1.165, 1.54) is 12.8 Å². The van der Waals surface area contributed by atoms with Crippen molar-refractivity contribution in [3.05, 3.63) is 0 Å². The summed E-state index contributed by atoms with van der Waals surface area (Å²) in [5, 5.41) is 3.37. The average Bonchev–Trinajstić information content (AvgIpc) is 2.49. The summed E-state index contributed by atoms with van der Waals surface area (Å²) in [6.07, 6.45) is 3.56. The molecule has 0 atom stereocenters. The van der Waals surface area contributed by atoms with Crippen molar-refractivity contribution >= 4 is 29.9 Å². The Morgan fingerprint density at radius 2 is 1.95 bits per heavy atom. The van der Waals surface area contributed by atoms with Crippen molar-refractivity contribution in [1.82, 2.24) is 15.1 Å². The maximum Gasteiger partial charge on any atom is 0.193 e. The van der Waals surface area contributed by atoms with Crippen LogP contribution in [0.15, 0.2) is 4.99 Å². The molecule has 0 aromatic heterocycles. The van der Waals surface area contributed by atoms with Gasteiger partial charge < -0.3 is 15.0 Å². The third-order valence-corrected chi connectivity index (χ3v) is 3.54. The molecule has 6 heteroatoms.